The van der Waals surface area contributed by atoms with Crippen molar-refractivity contribution in [2.45, 2.75) is 26.3 Å². The molecule has 2 aromatic heterocycles. The summed E-state index contributed by atoms with van der Waals surface area (Å²) >= 11 is 0. The summed E-state index contributed by atoms with van der Waals surface area (Å²) in [5.74, 6) is -1.12. The third kappa shape index (κ3) is 5.18. The first-order valence-corrected chi connectivity index (χ1v) is 8.83. The lowest BCUT2D eigenvalue weighted by Crippen LogP contribution is -2.39. The Hall–Kier alpha value is -2.23. The third-order valence-electron chi connectivity index (χ3n) is 4.42. The number of nitrogens with one attached hydrogen (secondary N) is 2. The van der Waals surface area contributed by atoms with Crippen LogP contribution in [0.4, 0.5) is 8.78 Å². The van der Waals surface area contributed by atoms with Crippen molar-refractivity contribution < 1.29 is 8.78 Å². The highest BCUT2D eigenvalue weighted by atomic mass is 127. The van der Waals surface area contributed by atoms with Crippen LogP contribution in [0.1, 0.15) is 29.8 Å². The number of rotatable bonds is 5. The fourth-order valence-corrected chi connectivity index (χ4v) is 2.90. The van der Waals surface area contributed by atoms with E-state index in [9.17, 15) is 8.78 Å². The topological polar surface area (TPSA) is 53.7 Å². The zero-order valence-corrected chi connectivity index (χ0v) is 18.4. The summed E-state index contributed by atoms with van der Waals surface area (Å²) in [6, 6.07) is 7.70. The molecule has 5 nitrogen and oxygen atoms in total. The molecule has 1 unspecified atom stereocenters. The van der Waals surface area contributed by atoms with Crippen LogP contribution in [0.5, 0.6) is 0 Å². The van der Waals surface area contributed by atoms with Crippen LogP contribution in [0, 0.1) is 18.6 Å². The van der Waals surface area contributed by atoms with Crippen molar-refractivity contribution >= 4 is 35.6 Å². The maximum atomic E-state index is 13.4. The highest BCUT2D eigenvalue weighted by Gasteiger charge is 2.11. The van der Waals surface area contributed by atoms with E-state index in [2.05, 4.69) is 20.6 Å². The van der Waals surface area contributed by atoms with Gasteiger partial charge in [-0.3, -0.25) is 4.99 Å². The lowest BCUT2D eigenvalue weighted by atomic mass is 10.1. The number of imidazole rings is 1. The molecule has 0 spiro atoms. The summed E-state index contributed by atoms with van der Waals surface area (Å²) < 4.78 is 28.5. The first kappa shape index (κ1) is 22.1. The minimum atomic E-state index is -0.855. The standard InChI is InChI=1S/C20H23F2N5.HI/c1-13-5-4-10-27-12-16(26-19(13)27)8-9-24-20(23-3)25-14(2)15-6-7-17(21)18(22)11-15;/h4-7,10-12,14H,8-9H2,1-3H3,(H2,23,24,25);1H. The summed E-state index contributed by atoms with van der Waals surface area (Å²) in [5.41, 5.74) is 3.73. The number of nitrogens with zero attached hydrogens (tertiary/aromatic N) is 3. The van der Waals surface area contributed by atoms with Crippen LogP contribution in [0.3, 0.4) is 0 Å². The molecule has 0 aliphatic carbocycles. The van der Waals surface area contributed by atoms with Gasteiger partial charge in [0.2, 0.25) is 0 Å². The Morgan fingerprint density at radius 3 is 2.71 bits per heavy atom. The average Bonchev–Trinajstić information content (AvgIpc) is 3.07. The van der Waals surface area contributed by atoms with E-state index < -0.39 is 11.6 Å². The molecule has 28 heavy (non-hydrogen) atoms. The van der Waals surface area contributed by atoms with Crippen LogP contribution in [0.15, 0.2) is 47.7 Å². The van der Waals surface area contributed by atoms with Crippen LogP contribution in [-0.2, 0) is 6.42 Å². The Morgan fingerprint density at radius 2 is 2.04 bits per heavy atom. The van der Waals surface area contributed by atoms with Gasteiger partial charge in [0.15, 0.2) is 17.6 Å². The van der Waals surface area contributed by atoms with Crippen LogP contribution >= 0.6 is 24.0 Å². The van der Waals surface area contributed by atoms with E-state index in [0.717, 1.165) is 29.4 Å². The Bertz CT molecular complexity index is 970. The molecule has 0 saturated heterocycles. The monoisotopic (exact) mass is 499 g/mol. The number of halogens is 3. The molecule has 0 saturated carbocycles. The van der Waals surface area contributed by atoms with Gasteiger partial charge < -0.3 is 15.0 Å². The second-order valence-electron chi connectivity index (χ2n) is 6.44. The van der Waals surface area contributed by atoms with Crippen molar-refractivity contribution in [1.82, 2.24) is 20.0 Å². The molecule has 0 aliphatic heterocycles. The second-order valence-corrected chi connectivity index (χ2v) is 6.44. The van der Waals surface area contributed by atoms with E-state index in [0.29, 0.717) is 18.1 Å². The number of aliphatic imine (C=N–C) groups is 1. The number of pyridine rings is 1. The molecule has 2 N–H and O–H groups in total. The molecule has 3 aromatic rings. The van der Waals surface area contributed by atoms with Gasteiger partial charge in [-0.25, -0.2) is 13.8 Å². The predicted molar refractivity (Wildman–Crippen MR) is 118 cm³/mol. The number of guanidine groups is 1. The zero-order chi connectivity index (χ0) is 19.4. The Labute approximate surface area is 180 Å². The number of fused-ring (bicyclic) bond motifs is 1. The van der Waals surface area contributed by atoms with E-state index in [1.165, 1.54) is 6.07 Å². The average molecular weight is 499 g/mol. The summed E-state index contributed by atoms with van der Waals surface area (Å²) in [6.07, 6.45) is 4.74. The smallest absolute Gasteiger partial charge is 0.191 e. The van der Waals surface area contributed by atoms with E-state index in [1.54, 1.807) is 13.1 Å². The van der Waals surface area contributed by atoms with Gasteiger partial charge in [0.25, 0.3) is 0 Å². The molecule has 0 radical (unpaired) electrons. The van der Waals surface area contributed by atoms with Crippen LogP contribution in [0.2, 0.25) is 0 Å². The maximum absolute atomic E-state index is 13.4. The highest BCUT2D eigenvalue weighted by molar-refractivity contribution is 14.0. The molecule has 0 bridgehead atoms. The number of hydrogen-bond donors (Lipinski definition) is 2. The van der Waals surface area contributed by atoms with Gasteiger partial charge in [0, 0.05) is 32.4 Å². The van der Waals surface area contributed by atoms with Crippen LogP contribution in [0.25, 0.3) is 5.65 Å². The van der Waals surface area contributed by atoms with Crippen molar-refractivity contribution in [2.24, 2.45) is 4.99 Å². The molecule has 2 heterocycles. The molecule has 0 aliphatic rings. The Morgan fingerprint density at radius 1 is 1.25 bits per heavy atom. The van der Waals surface area contributed by atoms with Gasteiger partial charge >= 0.3 is 0 Å². The quantitative estimate of drug-likeness (QED) is 0.317. The molecule has 3 rings (SSSR count). The lowest BCUT2D eigenvalue weighted by molar-refractivity contribution is 0.504. The lowest BCUT2D eigenvalue weighted by Gasteiger charge is -2.18. The predicted octanol–water partition coefficient (Wildman–Crippen LogP) is 4.01. The van der Waals surface area contributed by atoms with Crippen molar-refractivity contribution in [3.05, 3.63) is 71.2 Å². The van der Waals surface area contributed by atoms with E-state index in [-0.39, 0.29) is 30.0 Å². The van der Waals surface area contributed by atoms with E-state index in [1.807, 2.05) is 42.8 Å². The molecular formula is C20H24F2IN5. The largest absolute Gasteiger partial charge is 0.356 e. The number of benzene rings is 1. The Kier molecular flexibility index (Phi) is 7.73. The van der Waals surface area contributed by atoms with Gasteiger partial charge in [-0.05, 0) is 43.2 Å². The van der Waals surface area contributed by atoms with Gasteiger partial charge in [0.1, 0.15) is 5.65 Å². The van der Waals surface area contributed by atoms with Gasteiger partial charge in [-0.15, -0.1) is 24.0 Å². The minimum Gasteiger partial charge on any atom is -0.356 e. The number of aromatic nitrogens is 2. The maximum Gasteiger partial charge on any atom is 0.191 e. The second kappa shape index (κ2) is 9.81. The van der Waals surface area contributed by atoms with Gasteiger partial charge in [-0.2, -0.15) is 0 Å². The van der Waals surface area contributed by atoms with Gasteiger partial charge in [0.05, 0.1) is 11.7 Å². The van der Waals surface area contributed by atoms with Crippen molar-refractivity contribution in [3.63, 3.8) is 0 Å². The minimum absolute atomic E-state index is 0. The fraction of sp³-hybridized carbons (Fsp3) is 0.300. The van der Waals surface area contributed by atoms with Crippen molar-refractivity contribution in [3.8, 4) is 0 Å². The highest BCUT2D eigenvalue weighted by Crippen LogP contribution is 2.16. The van der Waals surface area contributed by atoms with Gasteiger partial charge in [-0.1, -0.05) is 12.1 Å². The van der Waals surface area contributed by atoms with Crippen LogP contribution in [-0.4, -0.2) is 28.9 Å². The first-order chi connectivity index (χ1) is 13.0. The summed E-state index contributed by atoms with van der Waals surface area (Å²) in [6.45, 7) is 4.55. The van der Waals surface area contributed by atoms with E-state index in [4.69, 9.17) is 0 Å². The summed E-state index contributed by atoms with van der Waals surface area (Å²) in [7, 11) is 1.67. The molecule has 1 aromatic carbocycles. The normalized spacial score (nSPS) is 12.5. The zero-order valence-electron chi connectivity index (χ0n) is 16.0. The molecule has 1 atom stereocenters. The SMILES string of the molecule is CN=C(NCCc1cn2cccc(C)c2n1)NC(C)c1ccc(F)c(F)c1.I. The molecule has 0 amide bonds. The third-order valence-corrected chi connectivity index (χ3v) is 4.42. The number of aryl methyl sites for hydroxylation is 1. The summed E-state index contributed by atoms with van der Waals surface area (Å²) in [4.78, 5) is 8.83. The molecule has 150 valence electrons. The molecular weight excluding hydrogens is 475 g/mol. The molecule has 0 fully saturated rings. The van der Waals surface area contributed by atoms with E-state index >= 15 is 0 Å². The Balaban J connectivity index is 0.00000280. The fourth-order valence-electron chi connectivity index (χ4n) is 2.90. The first-order valence-electron chi connectivity index (χ1n) is 8.83. The van der Waals surface area contributed by atoms with Crippen LogP contribution < -0.4 is 10.6 Å². The number of hydrogen-bond acceptors (Lipinski definition) is 2. The molecule has 8 heteroatoms. The van der Waals surface area contributed by atoms with Crippen molar-refractivity contribution in [1.29, 1.82) is 0 Å². The summed E-state index contributed by atoms with van der Waals surface area (Å²) in [5, 5.41) is 6.40. The van der Waals surface area contributed by atoms with Crippen molar-refractivity contribution in [2.75, 3.05) is 13.6 Å².